The minimum atomic E-state index is -3.97. The summed E-state index contributed by atoms with van der Waals surface area (Å²) in [6.45, 7) is 0.376. The maximum absolute atomic E-state index is 12.6. The molecule has 9 heteroatoms. The Labute approximate surface area is 152 Å². The van der Waals surface area contributed by atoms with Gasteiger partial charge in [0.25, 0.3) is 21.8 Å². The normalized spacial score (nSPS) is 20.2. The summed E-state index contributed by atoms with van der Waals surface area (Å²) in [5.41, 5.74) is 5.68. The monoisotopic (exact) mass is 381 g/mol. The van der Waals surface area contributed by atoms with E-state index in [1.807, 2.05) is 0 Å². The molecule has 1 fully saturated rings. The predicted octanol–water partition coefficient (Wildman–Crippen LogP) is 0.479. The van der Waals surface area contributed by atoms with Gasteiger partial charge >= 0.3 is 0 Å². The Morgan fingerprint density at radius 2 is 2.04 bits per heavy atom. The molecular formula is C17H23N3O5S. The number of hydrogen-bond donors (Lipinski definition) is 2. The van der Waals surface area contributed by atoms with Crippen LogP contribution in [0.3, 0.4) is 0 Å². The van der Waals surface area contributed by atoms with E-state index in [0.717, 1.165) is 30.0 Å². The van der Waals surface area contributed by atoms with Crippen LogP contribution in [0.15, 0.2) is 23.1 Å². The van der Waals surface area contributed by atoms with E-state index in [4.69, 9.17) is 10.5 Å². The quantitative estimate of drug-likeness (QED) is 0.740. The molecule has 2 amide bonds. The highest BCUT2D eigenvalue weighted by atomic mass is 32.2. The predicted molar refractivity (Wildman–Crippen MR) is 94.3 cm³/mol. The van der Waals surface area contributed by atoms with Gasteiger partial charge in [0.2, 0.25) is 0 Å². The number of amides is 2. The molecule has 0 saturated heterocycles. The van der Waals surface area contributed by atoms with E-state index in [1.165, 1.54) is 25.3 Å². The molecule has 1 heterocycles. The lowest BCUT2D eigenvalue weighted by molar-refractivity contribution is 0.0835. The summed E-state index contributed by atoms with van der Waals surface area (Å²) < 4.78 is 30.9. The molecule has 1 aliphatic carbocycles. The van der Waals surface area contributed by atoms with Crippen molar-refractivity contribution in [3.8, 4) is 0 Å². The maximum atomic E-state index is 12.6. The molecule has 1 saturated carbocycles. The summed E-state index contributed by atoms with van der Waals surface area (Å²) in [5, 5.41) is 2.96. The average Bonchev–Trinajstić information content (AvgIpc) is 3.16. The third kappa shape index (κ3) is 3.10. The molecule has 1 aromatic rings. The first-order valence-electron chi connectivity index (χ1n) is 8.57. The standard InChI is InChI=1S/C17H23N3O5S/c1-25-9-8-20-16(22)13-5-4-12(10-14(13)26(20,23)24)15(21)19-17(11-18)6-2-3-7-17/h4-5,10H,2-3,6-9,11,18H2,1H3,(H,19,21). The summed E-state index contributed by atoms with van der Waals surface area (Å²) in [4.78, 5) is 24.8. The third-order valence-corrected chi connectivity index (χ3v) is 6.92. The van der Waals surface area contributed by atoms with Crippen molar-refractivity contribution < 1.29 is 22.7 Å². The third-order valence-electron chi connectivity index (χ3n) is 5.10. The molecule has 0 atom stereocenters. The number of benzene rings is 1. The fraction of sp³-hybridized carbons (Fsp3) is 0.529. The molecule has 3 N–H and O–H groups in total. The Morgan fingerprint density at radius 1 is 1.35 bits per heavy atom. The number of sulfonamides is 1. The van der Waals surface area contributed by atoms with E-state index in [9.17, 15) is 18.0 Å². The van der Waals surface area contributed by atoms with Gasteiger partial charge < -0.3 is 15.8 Å². The molecule has 0 radical (unpaired) electrons. The summed E-state index contributed by atoms with van der Waals surface area (Å²) in [6, 6.07) is 4.13. The zero-order valence-corrected chi connectivity index (χ0v) is 15.5. The van der Waals surface area contributed by atoms with Gasteiger partial charge in [0.15, 0.2) is 0 Å². The van der Waals surface area contributed by atoms with Gasteiger partial charge in [0.05, 0.1) is 24.3 Å². The van der Waals surface area contributed by atoms with Gasteiger partial charge in [-0.2, -0.15) is 0 Å². The minimum absolute atomic E-state index is 0.0653. The Balaban J connectivity index is 1.88. The lowest BCUT2D eigenvalue weighted by atomic mass is 9.97. The number of methoxy groups -OCH3 is 1. The Kier molecular flexibility index (Phi) is 5.05. The van der Waals surface area contributed by atoms with Crippen LogP contribution in [0.5, 0.6) is 0 Å². The van der Waals surface area contributed by atoms with Crippen LogP contribution >= 0.6 is 0 Å². The van der Waals surface area contributed by atoms with Gasteiger partial charge in [-0.25, -0.2) is 12.7 Å². The van der Waals surface area contributed by atoms with Crippen LogP contribution in [-0.4, -0.2) is 56.9 Å². The highest BCUT2D eigenvalue weighted by molar-refractivity contribution is 7.90. The van der Waals surface area contributed by atoms with Crippen molar-refractivity contribution in [2.24, 2.45) is 5.73 Å². The molecule has 0 unspecified atom stereocenters. The van der Waals surface area contributed by atoms with Gasteiger partial charge in [0.1, 0.15) is 4.90 Å². The van der Waals surface area contributed by atoms with Crippen LogP contribution < -0.4 is 11.1 Å². The van der Waals surface area contributed by atoms with Gasteiger partial charge in [-0.1, -0.05) is 12.8 Å². The summed E-state index contributed by atoms with van der Waals surface area (Å²) in [7, 11) is -2.54. The average molecular weight is 381 g/mol. The van der Waals surface area contributed by atoms with E-state index in [-0.39, 0.29) is 35.1 Å². The van der Waals surface area contributed by atoms with Gasteiger partial charge in [0, 0.05) is 19.2 Å². The topological polar surface area (TPSA) is 119 Å². The van der Waals surface area contributed by atoms with Crippen molar-refractivity contribution in [2.75, 3.05) is 26.8 Å². The van der Waals surface area contributed by atoms with E-state index in [2.05, 4.69) is 5.32 Å². The van der Waals surface area contributed by atoms with Crippen molar-refractivity contribution in [2.45, 2.75) is 36.1 Å². The fourth-order valence-corrected chi connectivity index (χ4v) is 5.13. The number of carbonyl (C=O) groups is 2. The van der Waals surface area contributed by atoms with Crippen LogP contribution in [-0.2, 0) is 14.8 Å². The minimum Gasteiger partial charge on any atom is -0.383 e. The lowest BCUT2D eigenvalue weighted by Gasteiger charge is -2.28. The van der Waals surface area contributed by atoms with Gasteiger partial charge in [-0.3, -0.25) is 9.59 Å². The SMILES string of the molecule is COCCN1C(=O)c2ccc(C(=O)NC3(CN)CCCC3)cc2S1(=O)=O. The second kappa shape index (κ2) is 6.98. The molecule has 1 aromatic carbocycles. The molecule has 142 valence electrons. The number of nitrogens with two attached hydrogens (primary N) is 1. The van der Waals surface area contributed by atoms with Crippen molar-refractivity contribution in [1.82, 2.24) is 9.62 Å². The molecular weight excluding hydrogens is 358 g/mol. The van der Waals surface area contributed by atoms with Crippen LogP contribution in [0.1, 0.15) is 46.4 Å². The van der Waals surface area contributed by atoms with Crippen molar-refractivity contribution in [1.29, 1.82) is 0 Å². The lowest BCUT2D eigenvalue weighted by Crippen LogP contribution is -2.51. The number of rotatable bonds is 6. The van der Waals surface area contributed by atoms with Crippen molar-refractivity contribution in [3.05, 3.63) is 29.3 Å². The number of nitrogens with zero attached hydrogens (tertiary/aromatic N) is 1. The number of carbonyl (C=O) groups excluding carboxylic acids is 2. The zero-order valence-electron chi connectivity index (χ0n) is 14.7. The summed E-state index contributed by atoms with van der Waals surface area (Å²) >= 11 is 0. The highest BCUT2D eigenvalue weighted by Crippen LogP contribution is 2.32. The molecule has 2 aliphatic rings. The Bertz CT molecular complexity index is 831. The Morgan fingerprint density at radius 3 is 2.65 bits per heavy atom. The van der Waals surface area contributed by atoms with Crippen LogP contribution in [0, 0.1) is 0 Å². The van der Waals surface area contributed by atoms with E-state index in [0.29, 0.717) is 6.54 Å². The van der Waals surface area contributed by atoms with Crippen LogP contribution in [0.4, 0.5) is 0 Å². The first-order chi connectivity index (χ1) is 12.3. The number of hydrogen-bond acceptors (Lipinski definition) is 6. The Hall–Kier alpha value is -1.97. The van der Waals surface area contributed by atoms with Crippen LogP contribution in [0.25, 0.3) is 0 Å². The molecule has 3 rings (SSSR count). The number of ether oxygens (including phenoxy) is 1. The molecule has 0 aromatic heterocycles. The smallest absolute Gasteiger partial charge is 0.269 e. The molecule has 26 heavy (non-hydrogen) atoms. The fourth-order valence-electron chi connectivity index (χ4n) is 3.56. The first kappa shape index (κ1) is 18.8. The molecule has 8 nitrogen and oxygen atoms in total. The highest BCUT2D eigenvalue weighted by Gasteiger charge is 2.41. The number of fused-ring (bicyclic) bond motifs is 1. The second-order valence-corrected chi connectivity index (χ2v) is 8.56. The van der Waals surface area contributed by atoms with E-state index < -0.39 is 21.5 Å². The van der Waals surface area contributed by atoms with Crippen LogP contribution in [0.2, 0.25) is 0 Å². The van der Waals surface area contributed by atoms with Gasteiger partial charge in [-0.05, 0) is 31.0 Å². The molecule has 0 spiro atoms. The van der Waals surface area contributed by atoms with E-state index in [1.54, 1.807) is 0 Å². The zero-order chi connectivity index (χ0) is 18.9. The number of nitrogens with one attached hydrogen (secondary N) is 1. The van der Waals surface area contributed by atoms with Crippen molar-refractivity contribution in [3.63, 3.8) is 0 Å². The summed E-state index contributed by atoms with van der Waals surface area (Å²) in [5.74, 6) is -0.976. The molecule has 1 aliphatic heterocycles. The second-order valence-electron chi connectivity index (χ2n) is 6.73. The van der Waals surface area contributed by atoms with Gasteiger partial charge in [-0.15, -0.1) is 0 Å². The summed E-state index contributed by atoms with van der Waals surface area (Å²) in [6.07, 6.45) is 3.61. The largest absolute Gasteiger partial charge is 0.383 e. The maximum Gasteiger partial charge on any atom is 0.269 e. The molecule has 0 bridgehead atoms. The van der Waals surface area contributed by atoms with Crippen molar-refractivity contribution >= 4 is 21.8 Å². The first-order valence-corrected chi connectivity index (χ1v) is 10.0. The van der Waals surface area contributed by atoms with E-state index >= 15 is 0 Å².